The summed E-state index contributed by atoms with van der Waals surface area (Å²) in [6, 6.07) is 33.6. The minimum atomic E-state index is 0.909. The summed E-state index contributed by atoms with van der Waals surface area (Å²) in [5.74, 6) is 0. The molecule has 5 heteroatoms. The van der Waals surface area contributed by atoms with Crippen molar-refractivity contribution < 1.29 is 0 Å². The van der Waals surface area contributed by atoms with Crippen molar-refractivity contribution in [1.82, 2.24) is 8.75 Å². The summed E-state index contributed by atoms with van der Waals surface area (Å²) in [5, 5.41) is 0. The summed E-state index contributed by atoms with van der Waals surface area (Å²) >= 11 is 4.80. The van der Waals surface area contributed by atoms with Crippen molar-refractivity contribution >= 4 is 55.8 Å². The average Bonchev–Trinajstić information content (AvgIpc) is 3.28. The summed E-state index contributed by atoms with van der Waals surface area (Å²) < 4.78 is 9.88. The van der Waals surface area contributed by atoms with Crippen LogP contribution >= 0.6 is 27.7 Å². The van der Waals surface area contributed by atoms with E-state index in [9.17, 15) is 0 Å². The van der Waals surface area contributed by atoms with Gasteiger partial charge < -0.3 is 4.90 Å². The van der Waals surface area contributed by atoms with Crippen molar-refractivity contribution in [3.63, 3.8) is 0 Å². The van der Waals surface area contributed by atoms with Gasteiger partial charge in [0.2, 0.25) is 0 Å². The monoisotopic (exact) mass is 457 g/mol. The van der Waals surface area contributed by atoms with Gasteiger partial charge in [0.05, 0.1) is 11.7 Å². The minimum Gasteiger partial charge on any atom is -0.311 e. The van der Waals surface area contributed by atoms with Crippen LogP contribution in [0.5, 0.6) is 0 Å². The highest BCUT2D eigenvalue weighted by molar-refractivity contribution is 9.10. The van der Waals surface area contributed by atoms with Gasteiger partial charge in [-0.1, -0.05) is 54.6 Å². The van der Waals surface area contributed by atoms with Crippen molar-refractivity contribution in [2.45, 2.75) is 0 Å². The predicted molar refractivity (Wildman–Crippen MR) is 125 cm³/mol. The van der Waals surface area contributed by atoms with Crippen molar-refractivity contribution in [2.75, 3.05) is 4.90 Å². The molecule has 5 rings (SSSR count). The quantitative estimate of drug-likeness (QED) is 0.278. The van der Waals surface area contributed by atoms with Gasteiger partial charge >= 0.3 is 0 Å². The van der Waals surface area contributed by atoms with Crippen molar-refractivity contribution in [3.8, 4) is 11.1 Å². The molecule has 0 N–H and O–H groups in total. The molecule has 0 bridgehead atoms. The van der Waals surface area contributed by atoms with Gasteiger partial charge in [-0.25, -0.2) is 0 Å². The van der Waals surface area contributed by atoms with E-state index < -0.39 is 0 Å². The molecule has 0 aliphatic carbocycles. The van der Waals surface area contributed by atoms with Crippen LogP contribution in [-0.4, -0.2) is 8.75 Å². The summed E-state index contributed by atoms with van der Waals surface area (Å²) in [6.45, 7) is 0. The molecule has 0 aliphatic heterocycles. The van der Waals surface area contributed by atoms with E-state index >= 15 is 0 Å². The zero-order chi connectivity index (χ0) is 19.6. The molecule has 0 radical (unpaired) electrons. The normalized spacial score (nSPS) is 10.9. The van der Waals surface area contributed by atoms with Crippen LogP contribution in [0.2, 0.25) is 0 Å². The second-order valence-electron chi connectivity index (χ2n) is 6.61. The number of benzene rings is 4. The second kappa shape index (κ2) is 7.78. The number of hydrogen-bond donors (Lipinski definition) is 0. The zero-order valence-corrected chi connectivity index (χ0v) is 17.8. The number of fused-ring (bicyclic) bond motifs is 1. The van der Waals surface area contributed by atoms with Crippen LogP contribution in [-0.2, 0) is 0 Å². The predicted octanol–water partition coefficient (Wildman–Crippen LogP) is 7.59. The van der Waals surface area contributed by atoms with Crippen LogP contribution in [0.4, 0.5) is 17.1 Å². The number of halogens is 1. The fraction of sp³-hybridized carbons (Fsp3) is 0. The molecule has 0 saturated carbocycles. The topological polar surface area (TPSA) is 29.0 Å². The van der Waals surface area contributed by atoms with Gasteiger partial charge in [-0.05, 0) is 64.0 Å². The first kappa shape index (κ1) is 18.0. The Balaban J connectivity index is 1.59. The summed E-state index contributed by atoms with van der Waals surface area (Å²) in [7, 11) is 0. The molecule has 0 spiro atoms. The third-order valence-corrected chi connectivity index (χ3v) is 6.00. The van der Waals surface area contributed by atoms with Crippen molar-refractivity contribution in [1.29, 1.82) is 0 Å². The Morgan fingerprint density at radius 1 is 0.586 bits per heavy atom. The molecule has 1 aromatic heterocycles. The van der Waals surface area contributed by atoms with Gasteiger partial charge in [-0.3, -0.25) is 0 Å². The lowest BCUT2D eigenvalue weighted by Crippen LogP contribution is -2.09. The number of para-hydroxylation sites is 2. The molecule has 29 heavy (non-hydrogen) atoms. The summed E-state index contributed by atoms with van der Waals surface area (Å²) in [4.78, 5) is 2.26. The average molecular weight is 458 g/mol. The van der Waals surface area contributed by atoms with Crippen LogP contribution in [0, 0.1) is 0 Å². The Morgan fingerprint density at radius 2 is 1.14 bits per heavy atom. The lowest BCUT2D eigenvalue weighted by atomic mass is 10.0. The van der Waals surface area contributed by atoms with Crippen molar-refractivity contribution in [2.24, 2.45) is 0 Å². The van der Waals surface area contributed by atoms with Crippen LogP contribution < -0.4 is 4.90 Å². The molecule has 0 saturated heterocycles. The van der Waals surface area contributed by atoms with Gasteiger partial charge in [0.1, 0.15) is 11.0 Å². The molecule has 1 heterocycles. The van der Waals surface area contributed by atoms with E-state index in [1.807, 2.05) is 18.2 Å². The van der Waals surface area contributed by atoms with Crippen LogP contribution in [0.15, 0.2) is 102 Å². The molecule has 0 amide bonds. The SMILES string of the molecule is Brc1ccc(-c2ccc(N(c3ccccc3)c3ccccc3)cc2)c2nsnc12. The highest BCUT2D eigenvalue weighted by Gasteiger charge is 2.14. The fourth-order valence-corrected chi connectivity index (χ4v) is 4.56. The van der Waals surface area contributed by atoms with E-state index in [0.29, 0.717) is 0 Å². The third-order valence-electron chi connectivity index (χ3n) is 4.83. The van der Waals surface area contributed by atoms with Crippen LogP contribution in [0.1, 0.15) is 0 Å². The minimum absolute atomic E-state index is 0.909. The molecule has 3 nitrogen and oxygen atoms in total. The third kappa shape index (κ3) is 3.43. The number of anilines is 3. The van der Waals surface area contributed by atoms with Gasteiger partial charge in [0, 0.05) is 27.1 Å². The van der Waals surface area contributed by atoms with E-state index in [1.54, 1.807) is 0 Å². The van der Waals surface area contributed by atoms with Crippen molar-refractivity contribution in [3.05, 3.63) is 102 Å². The smallest absolute Gasteiger partial charge is 0.119 e. The fourth-order valence-electron chi connectivity index (χ4n) is 3.46. The summed E-state index contributed by atoms with van der Waals surface area (Å²) in [5.41, 5.74) is 7.42. The molecule has 5 aromatic rings. The van der Waals surface area contributed by atoms with Gasteiger partial charge in [-0.2, -0.15) is 8.75 Å². The second-order valence-corrected chi connectivity index (χ2v) is 7.99. The Hall–Kier alpha value is -3.02. The van der Waals surface area contributed by atoms with E-state index in [-0.39, 0.29) is 0 Å². The van der Waals surface area contributed by atoms with Crippen LogP contribution in [0.3, 0.4) is 0 Å². The highest BCUT2D eigenvalue weighted by Crippen LogP contribution is 2.37. The molecular weight excluding hydrogens is 442 g/mol. The highest BCUT2D eigenvalue weighted by atomic mass is 79.9. The lowest BCUT2D eigenvalue weighted by molar-refractivity contribution is 1.28. The number of aromatic nitrogens is 2. The first-order valence-electron chi connectivity index (χ1n) is 9.23. The molecule has 0 fully saturated rings. The molecule has 0 unspecified atom stereocenters. The maximum atomic E-state index is 4.50. The molecule has 140 valence electrons. The first-order valence-corrected chi connectivity index (χ1v) is 10.7. The maximum Gasteiger partial charge on any atom is 0.119 e. The number of hydrogen-bond acceptors (Lipinski definition) is 4. The van der Waals surface area contributed by atoms with E-state index in [2.05, 4.69) is 108 Å². The Labute approximate surface area is 181 Å². The molecule has 0 atom stereocenters. The zero-order valence-electron chi connectivity index (χ0n) is 15.4. The first-order chi connectivity index (χ1) is 14.3. The largest absolute Gasteiger partial charge is 0.311 e. The van der Waals surface area contributed by atoms with E-state index in [4.69, 9.17) is 0 Å². The number of rotatable bonds is 4. The Bertz CT molecular complexity index is 1210. The standard InChI is InChI=1S/C24H16BrN3S/c25-22-16-15-21(23-24(22)27-29-26-23)17-11-13-20(14-12-17)28(18-7-3-1-4-8-18)19-9-5-2-6-10-19/h1-16H. The lowest BCUT2D eigenvalue weighted by Gasteiger charge is -2.25. The Kier molecular flexibility index (Phi) is 4.84. The van der Waals surface area contributed by atoms with Gasteiger partial charge in [0.15, 0.2) is 0 Å². The van der Waals surface area contributed by atoms with Gasteiger partial charge in [0.25, 0.3) is 0 Å². The Morgan fingerprint density at radius 3 is 1.76 bits per heavy atom. The van der Waals surface area contributed by atoms with E-state index in [1.165, 1.54) is 11.7 Å². The maximum absolute atomic E-state index is 4.50. The number of nitrogens with zero attached hydrogens (tertiary/aromatic N) is 3. The molecular formula is C24H16BrN3S. The van der Waals surface area contributed by atoms with Gasteiger partial charge in [-0.15, -0.1) is 0 Å². The van der Waals surface area contributed by atoms with E-state index in [0.717, 1.165) is 43.7 Å². The summed E-state index contributed by atoms with van der Waals surface area (Å²) in [6.07, 6.45) is 0. The molecule has 0 aliphatic rings. The van der Waals surface area contributed by atoms with Crippen LogP contribution in [0.25, 0.3) is 22.2 Å². The molecule has 4 aromatic carbocycles.